The molecule has 0 bridgehead atoms. The van der Waals surface area contributed by atoms with E-state index in [9.17, 15) is 9.18 Å². The number of nitrogens with one attached hydrogen (secondary N) is 1. The predicted octanol–water partition coefficient (Wildman–Crippen LogP) is 5.46. The predicted molar refractivity (Wildman–Crippen MR) is 135 cm³/mol. The molecule has 0 aliphatic carbocycles. The Morgan fingerprint density at radius 3 is 2.47 bits per heavy atom. The van der Waals surface area contributed by atoms with E-state index in [1.807, 2.05) is 19.9 Å². The van der Waals surface area contributed by atoms with Gasteiger partial charge in [0.25, 0.3) is 5.91 Å². The number of nitrogens with zero attached hydrogens (tertiary/aromatic N) is 4. The number of aliphatic imine (C=N–C) groups is 1. The van der Waals surface area contributed by atoms with E-state index in [2.05, 4.69) is 45.9 Å². The first-order chi connectivity index (χ1) is 16.4. The van der Waals surface area contributed by atoms with Gasteiger partial charge in [-0.1, -0.05) is 19.1 Å². The molecule has 170 valence electrons. The topological polar surface area (TPSA) is 73.8 Å². The minimum Gasteiger partial charge on any atom is -0.318 e. The maximum atomic E-state index is 13.3. The van der Waals surface area contributed by atoms with Gasteiger partial charge in [-0.05, 0) is 91.7 Å². The lowest BCUT2D eigenvalue weighted by Crippen LogP contribution is -2.35. The first kappa shape index (κ1) is 22.0. The Hall–Kier alpha value is -3.78. The second kappa shape index (κ2) is 8.53. The summed E-state index contributed by atoms with van der Waals surface area (Å²) in [5.41, 5.74) is 6.04. The summed E-state index contributed by atoms with van der Waals surface area (Å²) in [6, 6.07) is 16.3. The number of carbonyl (C=O) groups is 1. The van der Waals surface area contributed by atoms with Gasteiger partial charge in [-0.15, -0.1) is 0 Å². The van der Waals surface area contributed by atoms with E-state index in [0.29, 0.717) is 15.8 Å². The van der Waals surface area contributed by atoms with Crippen LogP contribution >= 0.6 is 11.8 Å². The molecular formula is C26H22FN5OS. The fourth-order valence-corrected chi connectivity index (χ4v) is 4.97. The van der Waals surface area contributed by atoms with Gasteiger partial charge in [-0.25, -0.2) is 4.39 Å². The molecule has 8 heteroatoms. The second-order valence-corrected chi connectivity index (χ2v) is 9.07. The van der Waals surface area contributed by atoms with Crippen LogP contribution in [0, 0.1) is 25.1 Å². The fourth-order valence-electron chi connectivity index (χ4n) is 4.07. The van der Waals surface area contributed by atoms with Crippen LogP contribution in [0.15, 0.2) is 70.3 Å². The van der Waals surface area contributed by atoms with Crippen molar-refractivity contribution in [3.8, 4) is 5.69 Å². The number of aromatic nitrogens is 1. The van der Waals surface area contributed by atoms with Crippen LogP contribution in [0.3, 0.4) is 0 Å². The Morgan fingerprint density at radius 1 is 1.09 bits per heavy atom. The average Bonchev–Trinajstić information content (AvgIpc) is 3.37. The smallest absolute Gasteiger partial charge is 0.283 e. The van der Waals surface area contributed by atoms with E-state index in [1.165, 1.54) is 34.5 Å². The summed E-state index contributed by atoms with van der Waals surface area (Å²) in [5, 5.41) is 15.4. The van der Waals surface area contributed by atoms with E-state index in [1.54, 1.807) is 18.2 Å². The number of amides is 1. The van der Waals surface area contributed by atoms with E-state index >= 15 is 0 Å². The van der Waals surface area contributed by atoms with Crippen LogP contribution in [0.4, 0.5) is 4.39 Å². The van der Waals surface area contributed by atoms with Gasteiger partial charge in [0.15, 0.2) is 5.84 Å². The van der Waals surface area contributed by atoms with Crippen molar-refractivity contribution in [1.29, 1.82) is 5.41 Å². The summed E-state index contributed by atoms with van der Waals surface area (Å²) in [6.45, 7) is 6.14. The summed E-state index contributed by atoms with van der Waals surface area (Å²) < 4.78 is 15.4. The van der Waals surface area contributed by atoms with Crippen molar-refractivity contribution < 1.29 is 9.18 Å². The Balaban J connectivity index is 1.49. The van der Waals surface area contributed by atoms with Crippen molar-refractivity contribution in [2.45, 2.75) is 27.2 Å². The van der Waals surface area contributed by atoms with Gasteiger partial charge in [0.1, 0.15) is 10.9 Å². The molecule has 1 aromatic heterocycles. The van der Waals surface area contributed by atoms with E-state index < -0.39 is 5.91 Å². The highest BCUT2D eigenvalue weighted by Crippen LogP contribution is 2.32. The largest absolute Gasteiger partial charge is 0.318 e. The summed E-state index contributed by atoms with van der Waals surface area (Å²) >= 11 is 1.19. The van der Waals surface area contributed by atoms with Crippen molar-refractivity contribution in [2.24, 2.45) is 10.1 Å². The molecule has 0 radical (unpaired) electrons. The molecule has 0 fully saturated rings. The lowest BCUT2D eigenvalue weighted by atomic mass is 10.1. The minimum atomic E-state index is -0.476. The van der Waals surface area contributed by atoms with Crippen LogP contribution < -0.4 is 0 Å². The van der Waals surface area contributed by atoms with Crippen LogP contribution in [0.2, 0.25) is 0 Å². The van der Waals surface area contributed by atoms with Gasteiger partial charge in [-0.3, -0.25) is 10.2 Å². The number of thioether (sulfide) groups is 1. The molecule has 2 aliphatic rings. The Labute approximate surface area is 201 Å². The van der Waals surface area contributed by atoms with Crippen molar-refractivity contribution >= 4 is 39.8 Å². The molecule has 1 N–H and O–H groups in total. The number of fused-ring (bicyclic) bond motifs is 1. The molecule has 3 aromatic rings. The Morgan fingerprint density at radius 2 is 1.79 bits per heavy atom. The van der Waals surface area contributed by atoms with Crippen molar-refractivity contribution in [3.05, 3.63) is 94.1 Å². The third kappa shape index (κ3) is 3.80. The second-order valence-electron chi connectivity index (χ2n) is 8.11. The highest BCUT2D eigenvalue weighted by molar-refractivity contribution is 8.27. The number of benzene rings is 2. The van der Waals surface area contributed by atoms with Crippen LogP contribution in [0.25, 0.3) is 11.8 Å². The first-order valence-corrected chi connectivity index (χ1v) is 11.7. The number of hydrogen-bond acceptors (Lipinski definition) is 4. The van der Waals surface area contributed by atoms with Gasteiger partial charge in [0.2, 0.25) is 5.17 Å². The third-order valence-corrected chi connectivity index (χ3v) is 6.88. The lowest BCUT2D eigenvalue weighted by molar-refractivity contribution is -0.114. The molecule has 3 heterocycles. The Kier molecular flexibility index (Phi) is 5.53. The molecule has 2 aliphatic heterocycles. The zero-order valence-corrected chi connectivity index (χ0v) is 19.8. The SMILES string of the molecule is CCc1ccc(-n2c(C)cc(/C=C3/C(=N)N4N=C(c5ccc(F)cc5)SC4=NC3=O)c2C)cc1. The maximum Gasteiger partial charge on any atom is 0.283 e. The summed E-state index contributed by atoms with van der Waals surface area (Å²) in [6.07, 6.45) is 2.69. The molecule has 6 nitrogen and oxygen atoms in total. The fraction of sp³-hybridized carbons (Fsp3) is 0.154. The number of halogens is 1. The van der Waals surface area contributed by atoms with Gasteiger partial charge in [0, 0.05) is 22.6 Å². The molecule has 0 atom stereocenters. The highest BCUT2D eigenvalue weighted by atomic mass is 32.2. The summed E-state index contributed by atoms with van der Waals surface area (Å²) in [4.78, 5) is 17.0. The van der Waals surface area contributed by atoms with Crippen LogP contribution in [0.1, 0.15) is 35.0 Å². The number of hydrazone groups is 1. The molecule has 0 saturated carbocycles. The van der Waals surface area contributed by atoms with E-state index in [-0.39, 0.29) is 17.2 Å². The van der Waals surface area contributed by atoms with Crippen LogP contribution in [-0.4, -0.2) is 31.5 Å². The average molecular weight is 472 g/mol. The molecular weight excluding hydrogens is 449 g/mol. The van der Waals surface area contributed by atoms with Crippen LogP contribution in [0.5, 0.6) is 0 Å². The number of amidine groups is 2. The summed E-state index contributed by atoms with van der Waals surface area (Å²) in [7, 11) is 0. The molecule has 0 spiro atoms. The van der Waals surface area contributed by atoms with Gasteiger partial charge < -0.3 is 4.57 Å². The number of carbonyl (C=O) groups excluding carboxylic acids is 1. The number of rotatable bonds is 4. The number of hydrogen-bond donors (Lipinski definition) is 1. The normalized spacial score (nSPS) is 16.7. The van der Waals surface area contributed by atoms with E-state index in [4.69, 9.17) is 5.41 Å². The monoisotopic (exact) mass is 471 g/mol. The Bertz CT molecular complexity index is 1410. The molecule has 1 amide bonds. The van der Waals surface area contributed by atoms with Crippen molar-refractivity contribution in [3.63, 3.8) is 0 Å². The molecule has 5 rings (SSSR count). The number of aryl methyl sites for hydroxylation is 2. The molecule has 34 heavy (non-hydrogen) atoms. The first-order valence-electron chi connectivity index (χ1n) is 10.9. The minimum absolute atomic E-state index is 0.0308. The highest BCUT2D eigenvalue weighted by Gasteiger charge is 2.36. The van der Waals surface area contributed by atoms with E-state index in [0.717, 1.165) is 29.1 Å². The van der Waals surface area contributed by atoms with Crippen LogP contribution in [-0.2, 0) is 11.2 Å². The quantitative estimate of drug-likeness (QED) is 0.513. The molecule has 2 aromatic carbocycles. The molecule has 0 saturated heterocycles. The van der Waals surface area contributed by atoms with Crippen molar-refractivity contribution in [2.75, 3.05) is 0 Å². The zero-order chi connectivity index (χ0) is 24.0. The van der Waals surface area contributed by atoms with Crippen molar-refractivity contribution in [1.82, 2.24) is 9.58 Å². The van der Waals surface area contributed by atoms with Gasteiger partial charge in [-0.2, -0.15) is 15.1 Å². The third-order valence-electron chi connectivity index (χ3n) is 5.92. The maximum absolute atomic E-state index is 13.3. The zero-order valence-electron chi connectivity index (χ0n) is 19.0. The summed E-state index contributed by atoms with van der Waals surface area (Å²) in [5.74, 6) is -0.845. The molecule has 0 unspecified atom stereocenters. The van der Waals surface area contributed by atoms with Gasteiger partial charge in [0.05, 0.1) is 5.57 Å². The lowest BCUT2D eigenvalue weighted by Gasteiger charge is -2.20. The van der Waals surface area contributed by atoms with Gasteiger partial charge >= 0.3 is 0 Å². The standard InChI is InChI=1S/C26H22FN5OS/c1-4-17-5-11-21(12-6-17)31-15(2)13-19(16(31)3)14-22-23(28)32-26(29-24(22)33)34-25(30-32)18-7-9-20(27)10-8-18/h5-14,28H,4H2,1-3H3/b22-14-,28-23?.